The molecule has 0 saturated heterocycles. The van der Waals surface area contributed by atoms with Crippen LogP contribution in [0.1, 0.15) is 0 Å². The molecular formula is C63H36N4O2S. The van der Waals surface area contributed by atoms with Gasteiger partial charge in [0, 0.05) is 80.3 Å². The summed E-state index contributed by atoms with van der Waals surface area (Å²) < 4.78 is 17.8. The maximum Gasteiger partial charge on any atom is 0.164 e. The topological polar surface area (TPSA) is 69.9 Å². The van der Waals surface area contributed by atoms with Gasteiger partial charge in [0.2, 0.25) is 0 Å². The summed E-state index contributed by atoms with van der Waals surface area (Å²) in [6, 6.07) is 77.0. The van der Waals surface area contributed by atoms with Gasteiger partial charge in [0.1, 0.15) is 22.3 Å². The fourth-order valence-electron chi connectivity index (χ4n) is 10.6. The van der Waals surface area contributed by atoms with Crippen LogP contribution < -0.4 is 0 Å². The van der Waals surface area contributed by atoms with Crippen molar-refractivity contribution in [3.05, 3.63) is 218 Å². The van der Waals surface area contributed by atoms with Crippen LogP contribution in [0.5, 0.6) is 0 Å². The molecule has 15 rings (SSSR count). The molecule has 0 spiro atoms. The van der Waals surface area contributed by atoms with Crippen molar-refractivity contribution in [3.63, 3.8) is 0 Å². The number of hydrogen-bond donors (Lipinski definition) is 0. The molecule has 326 valence electrons. The van der Waals surface area contributed by atoms with Crippen LogP contribution in [0.15, 0.2) is 227 Å². The van der Waals surface area contributed by atoms with E-state index in [0.29, 0.717) is 17.5 Å². The van der Waals surface area contributed by atoms with E-state index in [1.807, 2.05) is 59.9 Å². The number of rotatable bonds is 6. The summed E-state index contributed by atoms with van der Waals surface area (Å²) in [4.78, 5) is 16.0. The van der Waals surface area contributed by atoms with Crippen LogP contribution in [0.25, 0.3) is 148 Å². The number of nitrogens with zero attached hydrogens (tertiary/aromatic N) is 4. The van der Waals surface area contributed by atoms with Crippen molar-refractivity contribution in [2.75, 3.05) is 0 Å². The molecule has 7 heteroatoms. The Hall–Kier alpha value is -9.17. The van der Waals surface area contributed by atoms with Crippen LogP contribution >= 0.6 is 11.3 Å². The Bertz CT molecular complexity index is 4410. The molecule has 0 radical (unpaired) electrons. The van der Waals surface area contributed by atoms with Gasteiger partial charge in [-0.05, 0) is 83.9 Å². The zero-order chi connectivity index (χ0) is 45.9. The number of benzene rings is 10. The summed E-state index contributed by atoms with van der Waals surface area (Å²) in [6.45, 7) is 0. The number of fused-ring (bicyclic) bond motifs is 12. The zero-order valence-electron chi connectivity index (χ0n) is 37.3. The predicted octanol–water partition coefficient (Wildman–Crippen LogP) is 17.5. The van der Waals surface area contributed by atoms with Gasteiger partial charge in [-0.15, -0.1) is 11.3 Å². The predicted molar refractivity (Wildman–Crippen MR) is 289 cm³/mol. The van der Waals surface area contributed by atoms with Crippen molar-refractivity contribution < 1.29 is 8.83 Å². The first-order chi connectivity index (χ1) is 34.7. The Morgan fingerprint density at radius 1 is 0.300 bits per heavy atom. The standard InChI is InChI=1S/C63H36N4O2S/c1-3-15-37(16-4-1)48-31-41(32-49(38-17-5-2-6-18-38)60(48)67-52-23-11-7-19-42(52)50-35-51-47-22-10-14-26-58(47)70-59(51)36-53(50)67)63-65-61(39-27-29-45-43-20-8-12-24-54(43)68-56(45)33-39)64-62(66-63)40-28-30-46-44-21-9-13-25-55(44)69-57(46)34-40/h1-36H. The molecule has 5 heterocycles. The highest BCUT2D eigenvalue weighted by Crippen LogP contribution is 2.46. The van der Waals surface area contributed by atoms with Gasteiger partial charge >= 0.3 is 0 Å². The Morgan fingerprint density at radius 2 is 0.786 bits per heavy atom. The number of thiophene rings is 1. The number of furan rings is 2. The molecule has 15 aromatic rings. The minimum Gasteiger partial charge on any atom is -0.456 e. The van der Waals surface area contributed by atoms with Gasteiger partial charge in [-0.3, -0.25) is 0 Å². The van der Waals surface area contributed by atoms with E-state index in [4.69, 9.17) is 23.8 Å². The van der Waals surface area contributed by atoms with E-state index >= 15 is 0 Å². The Kier molecular flexibility index (Phi) is 8.43. The molecule has 0 aliphatic carbocycles. The van der Waals surface area contributed by atoms with E-state index in [2.05, 4.69) is 174 Å². The molecule has 0 amide bonds. The molecule has 5 aromatic heterocycles. The van der Waals surface area contributed by atoms with Crippen molar-refractivity contribution in [2.24, 2.45) is 0 Å². The summed E-state index contributed by atoms with van der Waals surface area (Å²) >= 11 is 1.85. The molecule has 6 nitrogen and oxygen atoms in total. The molecule has 0 fully saturated rings. The molecule has 0 unspecified atom stereocenters. The van der Waals surface area contributed by atoms with Crippen molar-refractivity contribution >= 4 is 97.2 Å². The average Bonchev–Trinajstić information content (AvgIpc) is 4.18. The van der Waals surface area contributed by atoms with Crippen LogP contribution in [-0.2, 0) is 0 Å². The first-order valence-electron chi connectivity index (χ1n) is 23.4. The maximum atomic E-state index is 6.41. The lowest BCUT2D eigenvalue weighted by atomic mass is 9.92. The second kappa shape index (κ2) is 15.2. The highest BCUT2D eigenvalue weighted by molar-refractivity contribution is 7.25. The fraction of sp³-hybridized carbons (Fsp3) is 0. The van der Waals surface area contributed by atoms with Gasteiger partial charge in [-0.1, -0.05) is 146 Å². The molecule has 0 saturated carbocycles. The van der Waals surface area contributed by atoms with E-state index in [0.717, 1.165) is 99.5 Å². The van der Waals surface area contributed by atoms with Gasteiger partial charge in [0.25, 0.3) is 0 Å². The van der Waals surface area contributed by atoms with E-state index in [-0.39, 0.29) is 0 Å². The van der Waals surface area contributed by atoms with Gasteiger partial charge < -0.3 is 13.4 Å². The smallest absolute Gasteiger partial charge is 0.164 e. The fourth-order valence-corrected chi connectivity index (χ4v) is 11.7. The molecule has 0 bridgehead atoms. The Morgan fingerprint density at radius 3 is 1.39 bits per heavy atom. The minimum absolute atomic E-state index is 0.536. The lowest BCUT2D eigenvalue weighted by molar-refractivity contribution is 0.668. The van der Waals surface area contributed by atoms with Gasteiger partial charge in [-0.25, -0.2) is 15.0 Å². The van der Waals surface area contributed by atoms with Crippen molar-refractivity contribution in [2.45, 2.75) is 0 Å². The van der Waals surface area contributed by atoms with Gasteiger partial charge in [0.15, 0.2) is 17.5 Å². The monoisotopic (exact) mass is 912 g/mol. The highest BCUT2D eigenvalue weighted by Gasteiger charge is 2.24. The summed E-state index contributed by atoms with van der Waals surface area (Å²) in [6.07, 6.45) is 0. The summed E-state index contributed by atoms with van der Waals surface area (Å²) in [5.41, 5.74) is 13.3. The third kappa shape index (κ3) is 6.02. The lowest BCUT2D eigenvalue weighted by Gasteiger charge is -2.21. The second-order valence-electron chi connectivity index (χ2n) is 17.9. The Labute approximate surface area is 404 Å². The minimum atomic E-state index is 0.536. The number of hydrogen-bond acceptors (Lipinski definition) is 6. The van der Waals surface area contributed by atoms with Crippen LogP contribution in [0, 0.1) is 0 Å². The molecule has 10 aromatic carbocycles. The summed E-state index contributed by atoms with van der Waals surface area (Å²) in [5, 5.41) is 9.19. The first-order valence-corrected chi connectivity index (χ1v) is 24.2. The molecule has 0 atom stereocenters. The third-order valence-corrected chi connectivity index (χ3v) is 15.0. The molecule has 0 N–H and O–H groups in total. The van der Waals surface area contributed by atoms with E-state index in [1.165, 1.54) is 30.9 Å². The van der Waals surface area contributed by atoms with E-state index < -0.39 is 0 Å². The van der Waals surface area contributed by atoms with Crippen LogP contribution in [-0.4, -0.2) is 19.5 Å². The zero-order valence-corrected chi connectivity index (χ0v) is 38.1. The average molecular weight is 913 g/mol. The van der Waals surface area contributed by atoms with Crippen molar-refractivity contribution in [1.82, 2.24) is 19.5 Å². The SMILES string of the molecule is c1ccc(-c2cc(-c3nc(-c4ccc5c(c4)oc4ccccc45)nc(-c4ccc5c(c4)oc4ccccc45)n3)cc(-c3ccccc3)c2-n2c3ccccc3c3cc4c(cc32)sc2ccccc24)cc1. The lowest BCUT2D eigenvalue weighted by Crippen LogP contribution is -2.04. The van der Waals surface area contributed by atoms with Crippen LogP contribution in [0.2, 0.25) is 0 Å². The third-order valence-electron chi connectivity index (χ3n) is 13.8. The number of aromatic nitrogens is 4. The van der Waals surface area contributed by atoms with Gasteiger partial charge in [0.05, 0.1) is 16.7 Å². The molecule has 0 aliphatic heterocycles. The summed E-state index contributed by atoms with van der Waals surface area (Å²) in [7, 11) is 0. The first kappa shape index (κ1) is 38.9. The van der Waals surface area contributed by atoms with Crippen LogP contribution in [0.4, 0.5) is 0 Å². The quantitative estimate of drug-likeness (QED) is 0.166. The second-order valence-corrected chi connectivity index (χ2v) is 19.0. The van der Waals surface area contributed by atoms with Crippen LogP contribution in [0.3, 0.4) is 0 Å². The summed E-state index contributed by atoms with van der Waals surface area (Å²) in [5.74, 6) is 1.62. The normalized spacial score (nSPS) is 12.0. The maximum absolute atomic E-state index is 6.41. The number of para-hydroxylation sites is 3. The van der Waals surface area contributed by atoms with Gasteiger partial charge in [-0.2, -0.15) is 0 Å². The Balaban J connectivity index is 1.02. The van der Waals surface area contributed by atoms with Crippen molar-refractivity contribution in [3.8, 4) is 62.1 Å². The van der Waals surface area contributed by atoms with E-state index in [1.54, 1.807) is 0 Å². The van der Waals surface area contributed by atoms with E-state index in [9.17, 15) is 0 Å². The molecular weight excluding hydrogens is 877 g/mol. The molecule has 70 heavy (non-hydrogen) atoms. The largest absolute Gasteiger partial charge is 0.456 e. The van der Waals surface area contributed by atoms with Crippen molar-refractivity contribution in [1.29, 1.82) is 0 Å². The molecule has 0 aliphatic rings. The highest BCUT2D eigenvalue weighted by atomic mass is 32.1.